The van der Waals surface area contributed by atoms with E-state index in [9.17, 15) is 0 Å². The maximum Gasteiger partial charge on any atom is 0.188 e. The highest BCUT2D eigenvalue weighted by atomic mass is 16.5. The van der Waals surface area contributed by atoms with Gasteiger partial charge in [-0.25, -0.2) is 0 Å². The molecule has 0 aliphatic heterocycles. The minimum absolute atomic E-state index is 0.0959. The fourth-order valence-electron chi connectivity index (χ4n) is 2.05. The van der Waals surface area contributed by atoms with Crippen LogP contribution < -0.4 is 10.5 Å². The summed E-state index contributed by atoms with van der Waals surface area (Å²) in [6, 6.07) is 19.8. The van der Waals surface area contributed by atoms with Crippen LogP contribution in [0.25, 0.3) is 0 Å². The smallest absolute Gasteiger partial charge is 0.188 e. The van der Waals surface area contributed by atoms with Gasteiger partial charge in [-0.3, -0.25) is 5.41 Å². The Morgan fingerprint density at radius 2 is 1.62 bits per heavy atom. The van der Waals surface area contributed by atoms with Crippen molar-refractivity contribution in [3.63, 3.8) is 0 Å². The molecule has 0 aromatic heterocycles. The van der Waals surface area contributed by atoms with E-state index in [0.717, 1.165) is 17.7 Å². The number of benzene rings is 2. The van der Waals surface area contributed by atoms with Crippen molar-refractivity contribution < 1.29 is 4.74 Å². The first-order valence-electron chi connectivity index (χ1n) is 7.06. The van der Waals surface area contributed by atoms with Crippen LogP contribution in [0, 0.1) is 5.41 Å². The van der Waals surface area contributed by atoms with Crippen LogP contribution in [0.2, 0.25) is 0 Å². The van der Waals surface area contributed by atoms with E-state index in [4.69, 9.17) is 15.9 Å². The number of hydrogen-bond acceptors (Lipinski definition) is 2. The van der Waals surface area contributed by atoms with Gasteiger partial charge in [-0.1, -0.05) is 48.5 Å². The van der Waals surface area contributed by atoms with Crippen LogP contribution in [0.1, 0.15) is 12.0 Å². The molecule has 0 heterocycles. The molecule has 0 bridgehead atoms. The second-order valence-electron chi connectivity index (χ2n) is 4.81. The van der Waals surface area contributed by atoms with Gasteiger partial charge >= 0.3 is 0 Å². The first-order valence-corrected chi connectivity index (χ1v) is 7.06. The maximum atomic E-state index is 7.66. The van der Waals surface area contributed by atoms with Gasteiger partial charge in [-0.2, -0.15) is 0 Å². The van der Waals surface area contributed by atoms with Crippen molar-refractivity contribution in [3.8, 4) is 5.75 Å². The van der Waals surface area contributed by atoms with Crippen molar-refractivity contribution in [1.29, 1.82) is 5.41 Å². The Bertz CT molecular complexity index is 542. The summed E-state index contributed by atoms with van der Waals surface area (Å²) in [6.45, 7) is 1.97. The van der Waals surface area contributed by atoms with E-state index in [1.54, 1.807) is 0 Å². The van der Waals surface area contributed by atoms with Crippen molar-refractivity contribution in [2.24, 2.45) is 5.73 Å². The number of nitrogens with zero attached hydrogens (tertiary/aromatic N) is 1. The standard InChI is InChI=1S/C17H21N3O/c18-17(19)20(14-15-8-3-1-4-9-15)12-7-13-21-16-10-5-2-6-11-16/h1-6,8-11H,7,12-14H2,(H3,18,19). The van der Waals surface area contributed by atoms with E-state index in [1.165, 1.54) is 0 Å². The number of nitrogens with two attached hydrogens (primary N) is 1. The summed E-state index contributed by atoms with van der Waals surface area (Å²) in [5, 5.41) is 7.66. The van der Waals surface area contributed by atoms with E-state index in [-0.39, 0.29) is 5.96 Å². The van der Waals surface area contributed by atoms with Crippen LogP contribution in [0.4, 0.5) is 0 Å². The molecule has 4 heteroatoms. The molecule has 0 saturated heterocycles. The van der Waals surface area contributed by atoms with Crippen molar-refractivity contribution in [1.82, 2.24) is 4.90 Å². The molecule has 0 aliphatic carbocycles. The van der Waals surface area contributed by atoms with Crippen LogP contribution in [-0.4, -0.2) is 24.0 Å². The molecule has 110 valence electrons. The lowest BCUT2D eigenvalue weighted by molar-refractivity contribution is 0.283. The monoisotopic (exact) mass is 283 g/mol. The summed E-state index contributed by atoms with van der Waals surface area (Å²) in [6.07, 6.45) is 0.821. The number of nitrogens with one attached hydrogen (secondary N) is 1. The predicted molar refractivity (Wildman–Crippen MR) is 85.3 cm³/mol. The van der Waals surface area contributed by atoms with E-state index in [2.05, 4.69) is 0 Å². The third-order valence-corrected chi connectivity index (χ3v) is 3.14. The van der Waals surface area contributed by atoms with E-state index in [1.807, 2.05) is 65.6 Å². The minimum atomic E-state index is 0.0959. The molecule has 4 nitrogen and oxygen atoms in total. The maximum absolute atomic E-state index is 7.66. The molecule has 0 unspecified atom stereocenters. The number of rotatable bonds is 7. The third-order valence-electron chi connectivity index (χ3n) is 3.14. The van der Waals surface area contributed by atoms with Gasteiger partial charge in [0.1, 0.15) is 5.75 Å². The second-order valence-corrected chi connectivity index (χ2v) is 4.81. The van der Waals surface area contributed by atoms with Gasteiger partial charge in [0.25, 0.3) is 0 Å². The Hall–Kier alpha value is -2.49. The zero-order chi connectivity index (χ0) is 14.9. The highest BCUT2D eigenvalue weighted by Crippen LogP contribution is 2.09. The van der Waals surface area contributed by atoms with Gasteiger partial charge in [0.05, 0.1) is 6.61 Å². The molecule has 0 atom stereocenters. The molecule has 2 aromatic carbocycles. The Morgan fingerprint density at radius 3 is 2.24 bits per heavy atom. The van der Waals surface area contributed by atoms with Crippen molar-refractivity contribution in [2.75, 3.05) is 13.2 Å². The molecule has 21 heavy (non-hydrogen) atoms. The van der Waals surface area contributed by atoms with Gasteiger partial charge < -0.3 is 15.4 Å². The molecule has 0 fully saturated rings. The van der Waals surface area contributed by atoms with Crippen LogP contribution in [0.3, 0.4) is 0 Å². The Labute approximate surface area is 125 Å². The molecule has 3 N–H and O–H groups in total. The number of guanidine groups is 1. The highest BCUT2D eigenvalue weighted by molar-refractivity contribution is 5.74. The van der Waals surface area contributed by atoms with Gasteiger partial charge in [0.2, 0.25) is 0 Å². The molecule has 0 spiro atoms. The topological polar surface area (TPSA) is 62.3 Å². The largest absolute Gasteiger partial charge is 0.494 e. The van der Waals surface area contributed by atoms with Crippen molar-refractivity contribution in [3.05, 3.63) is 66.2 Å². The molecular formula is C17H21N3O. The van der Waals surface area contributed by atoms with Crippen LogP contribution >= 0.6 is 0 Å². The number of hydrogen-bond donors (Lipinski definition) is 2. The SMILES string of the molecule is N=C(N)N(CCCOc1ccccc1)Cc1ccccc1. The summed E-state index contributed by atoms with van der Waals surface area (Å²) in [5.74, 6) is 0.966. The highest BCUT2D eigenvalue weighted by Gasteiger charge is 2.07. The molecular weight excluding hydrogens is 262 g/mol. The van der Waals surface area contributed by atoms with Crippen LogP contribution in [-0.2, 0) is 6.54 Å². The Morgan fingerprint density at radius 1 is 1.00 bits per heavy atom. The fourth-order valence-corrected chi connectivity index (χ4v) is 2.05. The molecule has 0 amide bonds. The second kappa shape index (κ2) is 7.94. The van der Waals surface area contributed by atoms with Crippen LogP contribution in [0.15, 0.2) is 60.7 Å². The zero-order valence-corrected chi connectivity index (χ0v) is 12.0. The van der Waals surface area contributed by atoms with Gasteiger partial charge in [0.15, 0.2) is 5.96 Å². The first-order chi connectivity index (χ1) is 10.3. The molecule has 0 radical (unpaired) electrons. The predicted octanol–water partition coefficient (Wildman–Crippen LogP) is 2.85. The summed E-state index contributed by atoms with van der Waals surface area (Å²) < 4.78 is 5.65. The lowest BCUT2D eigenvalue weighted by atomic mass is 10.2. The summed E-state index contributed by atoms with van der Waals surface area (Å²) >= 11 is 0. The summed E-state index contributed by atoms with van der Waals surface area (Å²) in [5.41, 5.74) is 6.80. The molecule has 0 saturated carbocycles. The van der Waals surface area contributed by atoms with Gasteiger partial charge in [-0.05, 0) is 24.1 Å². The van der Waals surface area contributed by atoms with E-state index in [0.29, 0.717) is 19.7 Å². The van der Waals surface area contributed by atoms with Crippen LogP contribution in [0.5, 0.6) is 5.75 Å². The lowest BCUT2D eigenvalue weighted by Gasteiger charge is -2.22. The molecule has 2 aromatic rings. The first kappa shape index (κ1) is 14.9. The zero-order valence-electron chi connectivity index (χ0n) is 12.0. The normalized spacial score (nSPS) is 10.1. The quantitative estimate of drug-likeness (QED) is 0.466. The molecule has 0 aliphatic rings. The average Bonchev–Trinajstić information content (AvgIpc) is 2.52. The van der Waals surface area contributed by atoms with E-state index >= 15 is 0 Å². The van der Waals surface area contributed by atoms with Crippen molar-refractivity contribution in [2.45, 2.75) is 13.0 Å². The van der Waals surface area contributed by atoms with Gasteiger partial charge in [-0.15, -0.1) is 0 Å². The third kappa shape index (κ3) is 5.18. The van der Waals surface area contributed by atoms with Crippen molar-refractivity contribution >= 4 is 5.96 Å². The fraction of sp³-hybridized carbons (Fsp3) is 0.235. The molecule has 2 rings (SSSR count). The average molecular weight is 283 g/mol. The summed E-state index contributed by atoms with van der Waals surface area (Å²) in [4.78, 5) is 1.85. The summed E-state index contributed by atoms with van der Waals surface area (Å²) in [7, 11) is 0. The van der Waals surface area contributed by atoms with Gasteiger partial charge in [0, 0.05) is 13.1 Å². The lowest BCUT2D eigenvalue weighted by Crippen LogP contribution is -2.37. The Kier molecular flexibility index (Phi) is 5.64. The minimum Gasteiger partial charge on any atom is -0.494 e. The number of ether oxygens (including phenoxy) is 1. The number of para-hydroxylation sites is 1. The Balaban J connectivity index is 1.77. The van der Waals surface area contributed by atoms with E-state index < -0.39 is 0 Å².